The van der Waals surface area contributed by atoms with Gasteiger partial charge in [-0.3, -0.25) is 0 Å². The molecule has 46 heavy (non-hydrogen) atoms. The van der Waals surface area contributed by atoms with Gasteiger partial charge in [0.1, 0.15) is 48.0 Å². The van der Waals surface area contributed by atoms with E-state index >= 15 is 0 Å². The summed E-state index contributed by atoms with van der Waals surface area (Å²) in [5, 5.41) is 0. The number of ether oxygens (including phenoxy) is 6. The molecule has 0 aliphatic carbocycles. The van der Waals surface area contributed by atoms with Gasteiger partial charge in [-0.1, -0.05) is 12.1 Å². The average molecular weight is 663 g/mol. The lowest BCUT2D eigenvalue weighted by Crippen LogP contribution is -2.20. The number of halogens is 8. The summed E-state index contributed by atoms with van der Waals surface area (Å²) in [5.74, 6) is -3.20. The zero-order valence-corrected chi connectivity index (χ0v) is 24.3. The molecule has 2 fully saturated rings. The van der Waals surface area contributed by atoms with Gasteiger partial charge in [0, 0.05) is 0 Å². The van der Waals surface area contributed by atoms with Crippen molar-refractivity contribution in [1.82, 2.24) is 0 Å². The van der Waals surface area contributed by atoms with Crippen LogP contribution in [0.15, 0.2) is 48.5 Å². The van der Waals surface area contributed by atoms with Crippen LogP contribution in [-0.2, 0) is 34.7 Å². The first kappa shape index (κ1) is 33.6. The summed E-state index contributed by atoms with van der Waals surface area (Å²) in [4.78, 5) is 0. The van der Waals surface area contributed by atoms with E-state index in [0.717, 1.165) is 12.1 Å². The standard InChI is InChI=1S/C32H30F8O6/c33-23-13-19(5-7-25(23)45-17-21-15-43-21)3-1-11-41-27-9-10-28(30(32(38,39)40)29(27)31(35,36)37)42-12-2-4-20-6-8-26(24(34)14-20)46-18-22-16-44-22/h5-10,13-14,21-22H,1-4,11-12,15-18H2. The van der Waals surface area contributed by atoms with E-state index in [1.165, 1.54) is 24.3 Å². The zero-order valence-electron chi connectivity index (χ0n) is 24.3. The number of rotatable bonds is 16. The maximum absolute atomic E-state index is 14.3. The summed E-state index contributed by atoms with van der Waals surface area (Å²) >= 11 is 0. The monoisotopic (exact) mass is 662 g/mol. The molecular weight excluding hydrogens is 632 g/mol. The van der Waals surface area contributed by atoms with E-state index in [2.05, 4.69) is 0 Å². The van der Waals surface area contributed by atoms with Gasteiger partial charge in [-0.05, 0) is 73.2 Å². The van der Waals surface area contributed by atoms with Gasteiger partial charge < -0.3 is 28.4 Å². The smallest absolute Gasteiger partial charge is 0.420 e. The SMILES string of the molecule is Fc1cc(CCCOc2ccc(OCCCc3ccc(OCC4CO4)c(F)c3)c(C(F)(F)F)c2C(F)(F)F)ccc1OCC1CO1. The minimum absolute atomic E-state index is 0.0283. The molecule has 250 valence electrons. The second-order valence-electron chi connectivity index (χ2n) is 10.8. The molecule has 14 heteroatoms. The van der Waals surface area contributed by atoms with Gasteiger partial charge in [0.05, 0.1) is 26.4 Å². The average Bonchev–Trinajstić information content (AvgIpc) is 3.92. The molecule has 0 spiro atoms. The third kappa shape index (κ3) is 9.38. The van der Waals surface area contributed by atoms with Crippen molar-refractivity contribution in [2.24, 2.45) is 0 Å². The van der Waals surface area contributed by atoms with E-state index < -0.39 is 46.6 Å². The number of hydrogen-bond donors (Lipinski definition) is 0. The van der Waals surface area contributed by atoms with Crippen LogP contribution in [0.5, 0.6) is 23.0 Å². The topological polar surface area (TPSA) is 62.0 Å². The lowest BCUT2D eigenvalue weighted by molar-refractivity contribution is -0.164. The summed E-state index contributed by atoms with van der Waals surface area (Å²) in [6.45, 7) is 0.769. The van der Waals surface area contributed by atoms with Gasteiger partial charge in [-0.2, -0.15) is 26.3 Å². The molecule has 2 heterocycles. The summed E-state index contributed by atoms with van der Waals surface area (Å²) < 4.78 is 144. The molecule has 2 unspecified atom stereocenters. The molecule has 3 aromatic rings. The van der Waals surface area contributed by atoms with Crippen LogP contribution in [0.25, 0.3) is 0 Å². The van der Waals surface area contributed by atoms with Crippen LogP contribution in [0, 0.1) is 11.6 Å². The molecule has 0 N–H and O–H groups in total. The third-order valence-corrected chi connectivity index (χ3v) is 7.08. The summed E-state index contributed by atoms with van der Waals surface area (Å²) in [7, 11) is 0. The molecule has 0 amide bonds. The van der Waals surface area contributed by atoms with E-state index in [4.69, 9.17) is 28.4 Å². The van der Waals surface area contributed by atoms with Crippen LogP contribution in [0.3, 0.4) is 0 Å². The van der Waals surface area contributed by atoms with Gasteiger partial charge in [0.25, 0.3) is 0 Å². The second-order valence-corrected chi connectivity index (χ2v) is 10.8. The zero-order chi connectivity index (χ0) is 32.9. The van der Waals surface area contributed by atoms with Crippen molar-refractivity contribution in [3.05, 3.63) is 82.4 Å². The van der Waals surface area contributed by atoms with Gasteiger partial charge in [0.2, 0.25) is 0 Å². The quantitative estimate of drug-likeness (QED) is 0.0896. The lowest BCUT2D eigenvalue weighted by atomic mass is 10.0. The van der Waals surface area contributed by atoms with Crippen molar-refractivity contribution in [3.8, 4) is 23.0 Å². The van der Waals surface area contributed by atoms with Gasteiger partial charge in [-0.15, -0.1) is 0 Å². The summed E-state index contributed by atoms with van der Waals surface area (Å²) in [6, 6.07) is 9.97. The van der Waals surface area contributed by atoms with E-state index in [0.29, 0.717) is 24.3 Å². The predicted molar refractivity (Wildman–Crippen MR) is 147 cm³/mol. The Balaban J connectivity index is 1.18. The highest BCUT2D eigenvalue weighted by Crippen LogP contribution is 2.49. The maximum Gasteiger partial charge on any atom is 0.420 e. The minimum Gasteiger partial charge on any atom is -0.493 e. The van der Waals surface area contributed by atoms with E-state index in [1.54, 1.807) is 12.1 Å². The maximum atomic E-state index is 14.3. The highest BCUT2D eigenvalue weighted by atomic mass is 19.4. The van der Waals surface area contributed by atoms with Crippen molar-refractivity contribution in [2.75, 3.05) is 39.6 Å². The fourth-order valence-corrected chi connectivity index (χ4v) is 4.61. The fourth-order valence-electron chi connectivity index (χ4n) is 4.61. The first-order chi connectivity index (χ1) is 21.9. The van der Waals surface area contributed by atoms with Crippen molar-refractivity contribution in [1.29, 1.82) is 0 Å². The number of alkyl halides is 6. The molecule has 2 atom stereocenters. The van der Waals surface area contributed by atoms with Crippen molar-refractivity contribution in [3.63, 3.8) is 0 Å². The summed E-state index contributed by atoms with van der Waals surface area (Å²) in [6.07, 6.45) is -10.4. The number of benzene rings is 3. The van der Waals surface area contributed by atoms with E-state index in [-0.39, 0.29) is 75.8 Å². The highest BCUT2D eigenvalue weighted by molar-refractivity contribution is 5.52. The molecular formula is C32H30F8O6. The highest BCUT2D eigenvalue weighted by Gasteiger charge is 2.48. The Morgan fingerprint density at radius 3 is 1.26 bits per heavy atom. The fraction of sp³-hybridized carbons (Fsp3) is 0.438. The summed E-state index contributed by atoms with van der Waals surface area (Å²) in [5.41, 5.74) is -3.00. The molecule has 0 saturated carbocycles. The van der Waals surface area contributed by atoms with E-state index in [1.807, 2.05) is 0 Å². The van der Waals surface area contributed by atoms with Gasteiger partial charge in [-0.25, -0.2) is 8.78 Å². The molecule has 0 aromatic heterocycles. The van der Waals surface area contributed by atoms with Crippen LogP contribution in [-0.4, -0.2) is 51.8 Å². The Bertz CT molecular complexity index is 1370. The van der Waals surface area contributed by atoms with Crippen molar-refractivity contribution < 1.29 is 63.5 Å². The van der Waals surface area contributed by atoms with Crippen LogP contribution in [0.4, 0.5) is 35.1 Å². The predicted octanol–water partition coefficient (Wildman–Crippen LogP) is 7.58. The Hall–Kier alpha value is -3.78. The molecule has 0 radical (unpaired) electrons. The first-order valence-corrected chi connectivity index (χ1v) is 14.5. The molecule has 3 aromatic carbocycles. The second kappa shape index (κ2) is 14.3. The largest absolute Gasteiger partial charge is 0.493 e. The van der Waals surface area contributed by atoms with Crippen LogP contribution in [0.1, 0.15) is 35.1 Å². The molecule has 2 saturated heterocycles. The number of hydrogen-bond acceptors (Lipinski definition) is 6. The Morgan fingerprint density at radius 1 is 0.565 bits per heavy atom. The lowest BCUT2D eigenvalue weighted by Gasteiger charge is -2.22. The van der Waals surface area contributed by atoms with Gasteiger partial charge in [0.15, 0.2) is 23.1 Å². The third-order valence-electron chi connectivity index (χ3n) is 7.08. The molecule has 2 aliphatic heterocycles. The molecule has 0 bridgehead atoms. The van der Waals surface area contributed by atoms with Crippen LogP contribution >= 0.6 is 0 Å². The van der Waals surface area contributed by atoms with E-state index in [9.17, 15) is 35.1 Å². The Labute approximate surface area is 259 Å². The Kier molecular flexibility index (Phi) is 10.5. The van der Waals surface area contributed by atoms with Gasteiger partial charge >= 0.3 is 12.4 Å². The number of aryl methyl sites for hydroxylation is 2. The molecule has 2 aliphatic rings. The Morgan fingerprint density at radius 2 is 0.935 bits per heavy atom. The molecule has 5 rings (SSSR count). The number of epoxide rings is 2. The minimum atomic E-state index is -5.42. The molecule has 6 nitrogen and oxygen atoms in total. The van der Waals surface area contributed by atoms with Crippen molar-refractivity contribution in [2.45, 2.75) is 50.2 Å². The normalized spacial score (nSPS) is 17.5. The first-order valence-electron chi connectivity index (χ1n) is 14.5. The van der Waals surface area contributed by atoms with Crippen LogP contribution in [0.2, 0.25) is 0 Å². The van der Waals surface area contributed by atoms with Crippen LogP contribution < -0.4 is 18.9 Å². The van der Waals surface area contributed by atoms with Crippen molar-refractivity contribution >= 4 is 0 Å².